The number of carbonyl (C=O) groups is 4. The molecule has 0 saturated heterocycles. The fourth-order valence-electron chi connectivity index (χ4n) is 3.84. The van der Waals surface area contributed by atoms with Gasteiger partial charge in [0, 0.05) is 12.2 Å². The number of nitrogens with one attached hydrogen (secondary N) is 2. The lowest BCUT2D eigenvalue weighted by Gasteiger charge is -2.10. The van der Waals surface area contributed by atoms with E-state index >= 15 is 0 Å². The van der Waals surface area contributed by atoms with Crippen molar-refractivity contribution in [3.8, 4) is 0 Å². The average molecular weight is 669 g/mol. The third-order valence-corrected chi connectivity index (χ3v) is 7.87. The number of carbonyl (C=O) groups excluding carboxylic acids is 2. The summed E-state index contributed by atoms with van der Waals surface area (Å²) < 4.78 is 68.2. The third-order valence-electron chi connectivity index (χ3n) is 6.05. The smallest absolute Gasteiger partial charge is 0.335 e. The highest BCUT2D eigenvalue weighted by atomic mass is 32.2. The molecule has 0 amide bonds. The molecule has 0 bridgehead atoms. The number of hydrazone groups is 2. The number of allylic oxidation sites excluding steroid dienone is 4. The summed E-state index contributed by atoms with van der Waals surface area (Å²) in [7, 11) is -9.73. The van der Waals surface area contributed by atoms with Gasteiger partial charge >= 0.3 is 11.9 Å². The van der Waals surface area contributed by atoms with E-state index in [0.717, 1.165) is 60.7 Å². The lowest BCUT2D eigenvalue weighted by molar-refractivity contribution is -0.133. The van der Waals surface area contributed by atoms with E-state index in [0.29, 0.717) is 0 Å². The van der Waals surface area contributed by atoms with Crippen LogP contribution in [-0.4, -0.2) is 71.1 Å². The highest BCUT2D eigenvalue weighted by Crippen LogP contribution is 2.26. The molecular formula is C28H20N4O12S2. The molecule has 2 aromatic carbocycles. The van der Waals surface area contributed by atoms with E-state index in [2.05, 4.69) is 21.1 Å². The first-order chi connectivity index (χ1) is 21.5. The van der Waals surface area contributed by atoms with Gasteiger partial charge in [-0.1, -0.05) is 24.3 Å². The van der Waals surface area contributed by atoms with Gasteiger partial charge in [-0.3, -0.25) is 29.5 Å². The lowest BCUT2D eigenvalue weighted by atomic mass is 10.0. The first-order valence-corrected chi connectivity index (χ1v) is 15.3. The number of hydrogen-bond donors (Lipinski definition) is 6. The van der Waals surface area contributed by atoms with Crippen molar-refractivity contribution in [2.24, 2.45) is 10.2 Å². The van der Waals surface area contributed by atoms with Crippen molar-refractivity contribution in [3.63, 3.8) is 0 Å². The van der Waals surface area contributed by atoms with E-state index < -0.39 is 53.5 Å². The molecule has 0 unspecified atom stereocenters. The van der Waals surface area contributed by atoms with Crippen LogP contribution in [0.15, 0.2) is 104 Å². The molecule has 2 aliphatic carbocycles. The summed E-state index contributed by atoms with van der Waals surface area (Å²) in [6, 6.07) is 7.03. The summed E-state index contributed by atoms with van der Waals surface area (Å²) in [5.41, 5.74) is 3.77. The van der Waals surface area contributed by atoms with Crippen LogP contribution in [-0.2, 0) is 39.4 Å². The highest BCUT2D eigenvalue weighted by Gasteiger charge is 2.20. The normalized spacial score (nSPS) is 16.9. The van der Waals surface area contributed by atoms with Gasteiger partial charge in [0.05, 0.1) is 22.5 Å². The van der Waals surface area contributed by atoms with Crippen molar-refractivity contribution in [2.45, 2.75) is 9.79 Å². The molecule has 2 aliphatic rings. The first kappa shape index (κ1) is 33.1. The largest absolute Gasteiger partial charge is 0.478 e. The number of nitrogens with zero attached hydrogens (tertiary/aromatic N) is 2. The number of carboxylic acid groups (broad SMARTS) is 2. The Bertz CT molecular complexity index is 1990. The zero-order valence-corrected chi connectivity index (χ0v) is 24.5. The summed E-state index contributed by atoms with van der Waals surface area (Å²) in [6.45, 7) is 0. The minimum Gasteiger partial charge on any atom is -0.478 e. The molecule has 4 rings (SSSR count). The molecule has 0 aliphatic heterocycles. The van der Waals surface area contributed by atoms with Crippen molar-refractivity contribution in [1.82, 2.24) is 0 Å². The van der Waals surface area contributed by atoms with Crippen LogP contribution in [0.5, 0.6) is 0 Å². The Morgan fingerprint density at radius 2 is 1.00 bits per heavy atom. The molecule has 6 N–H and O–H groups in total. The Labute approximate surface area is 259 Å². The van der Waals surface area contributed by atoms with E-state index in [4.69, 9.17) is 10.2 Å². The standard InChI is InChI=1S/C28H20N4O12S2/c33-23-11-17(27(35)36)5-9-21(23)31-29-19-7-3-15(25(13-19)45(39,40)41)1-2-16-4-8-20(14-26(16)46(42,43)44)30-32-22-10-6-18(28(37)38)12-24(22)34/h1-14,29-30H,(H,35,36)(H,37,38)(H,39,40,41)(H,42,43,44)/b2-1+,31-21-,32-22-. The number of aliphatic carboxylic acids is 2. The molecule has 0 spiro atoms. The Morgan fingerprint density at radius 3 is 1.30 bits per heavy atom. The number of anilines is 2. The third kappa shape index (κ3) is 8.01. The van der Waals surface area contributed by atoms with Gasteiger partial charge in [-0.2, -0.15) is 27.0 Å². The molecule has 0 atom stereocenters. The van der Waals surface area contributed by atoms with Crippen LogP contribution in [0.4, 0.5) is 11.4 Å². The Balaban J connectivity index is 1.59. The number of carboxylic acids is 2. The van der Waals surface area contributed by atoms with Gasteiger partial charge in [-0.15, -0.1) is 0 Å². The van der Waals surface area contributed by atoms with E-state index in [-0.39, 0.29) is 45.1 Å². The second-order valence-electron chi connectivity index (χ2n) is 9.21. The summed E-state index contributed by atoms with van der Waals surface area (Å²) >= 11 is 0. The SMILES string of the molecule is O=C(O)C1=CC(=O)/C(=N\Nc2ccc(/C=C/c3ccc(N/N=C4/C=CC(C(=O)O)=CC4=O)cc3S(=O)(=O)O)c(S(=O)(=O)O)c2)C=C1. The van der Waals surface area contributed by atoms with Crippen LogP contribution in [0, 0.1) is 0 Å². The van der Waals surface area contributed by atoms with Crippen molar-refractivity contribution in [3.05, 3.63) is 95.1 Å². The quantitative estimate of drug-likeness (QED) is 0.0917. The van der Waals surface area contributed by atoms with Crippen molar-refractivity contribution in [2.75, 3.05) is 10.9 Å². The molecule has 16 nitrogen and oxygen atoms in total. The minimum absolute atomic E-state index is 0.00289. The fourth-order valence-corrected chi connectivity index (χ4v) is 5.26. The van der Waals surface area contributed by atoms with Gasteiger partial charge in [0.1, 0.15) is 21.2 Å². The number of ketones is 2. The van der Waals surface area contributed by atoms with Crippen LogP contribution >= 0.6 is 0 Å². The predicted octanol–water partition coefficient (Wildman–Crippen LogP) is 2.19. The molecule has 0 radical (unpaired) electrons. The zero-order valence-electron chi connectivity index (χ0n) is 22.8. The molecular weight excluding hydrogens is 648 g/mol. The average Bonchev–Trinajstić information content (AvgIpc) is 2.98. The van der Waals surface area contributed by atoms with E-state index in [1.54, 1.807) is 0 Å². The lowest BCUT2D eigenvalue weighted by Crippen LogP contribution is -2.17. The first-order valence-electron chi connectivity index (χ1n) is 12.5. The second kappa shape index (κ2) is 13.0. The Kier molecular flexibility index (Phi) is 9.38. The molecule has 46 heavy (non-hydrogen) atoms. The van der Waals surface area contributed by atoms with E-state index in [1.165, 1.54) is 24.3 Å². The van der Waals surface area contributed by atoms with Crippen molar-refractivity contribution >= 4 is 78.7 Å². The van der Waals surface area contributed by atoms with Crippen LogP contribution in [0.25, 0.3) is 12.2 Å². The summed E-state index contributed by atoms with van der Waals surface area (Å²) in [5.74, 6) is -4.08. The van der Waals surface area contributed by atoms with Crippen LogP contribution < -0.4 is 10.9 Å². The van der Waals surface area contributed by atoms with Gasteiger partial charge in [0.2, 0.25) is 11.6 Å². The zero-order chi connectivity index (χ0) is 33.8. The van der Waals surface area contributed by atoms with Gasteiger partial charge in [-0.05, 0) is 59.7 Å². The van der Waals surface area contributed by atoms with Gasteiger partial charge < -0.3 is 10.2 Å². The monoisotopic (exact) mass is 668 g/mol. The molecule has 236 valence electrons. The molecule has 2 aromatic rings. The molecule has 0 saturated carbocycles. The number of hydrogen-bond acceptors (Lipinski definition) is 12. The van der Waals surface area contributed by atoms with Crippen LogP contribution in [0.2, 0.25) is 0 Å². The topological polar surface area (TPSA) is 266 Å². The Hall–Kier alpha value is -5.82. The molecule has 0 heterocycles. The summed E-state index contributed by atoms with van der Waals surface area (Å²) in [6.07, 6.45) is 8.54. The van der Waals surface area contributed by atoms with E-state index in [9.17, 15) is 45.1 Å². The van der Waals surface area contributed by atoms with Gasteiger partial charge in [0.25, 0.3) is 20.2 Å². The van der Waals surface area contributed by atoms with Gasteiger partial charge in [0.15, 0.2) is 0 Å². The van der Waals surface area contributed by atoms with Crippen LogP contribution in [0.3, 0.4) is 0 Å². The molecule has 18 heteroatoms. The summed E-state index contributed by atoms with van der Waals surface area (Å²) in [5, 5.41) is 25.6. The predicted molar refractivity (Wildman–Crippen MR) is 163 cm³/mol. The fraction of sp³-hybridized carbons (Fsp3) is 0. The maximum atomic E-state index is 12.1. The number of rotatable bonds is 10. The molecule has 0 aromatic heterocycles. The van der Waals surface area contributed by atoms with Crippen LogP contribution in [0.1, 0.15) is 11.1 Å². The molecule has 0 fully saturated rings. The van der Waals surface area contributed by atoms with Crippen molar-refractivity contribution < 1.29 is 55.3 Å². The van der Waals surface area contributed by atoms with E-state index in [1.807, 2.05) is 0 Å². The second-order valence-corrected chi connectivity index (χ2v) is 12.0. The highest BCUT2D eigenvalue weighted by molar-refractivity contribution is 7.86. The Morgan fingerprint density at radius 1 is 0.630 bits per heavy atom. The number of benzene rings is 2. The maximum absolute atomic E-state index is 12.1. The minimum atomic E-state index is -4.86. The van der Waals surface area contributed by atoms with Crippen molar-refractivity contribution in [1.29, 1.82) is 0 Å². The van der Waals surface area contributed by atoms with Gasteiger partial charge in [-0.25, -0.2) is 9.59 Å². The summed E-state index contributed by atoms with van der Waals surface area (Å²) in [4.78, 5) is 44.9. The maximum Gasteiger partial charge on any atom is 0.335 e.